The summed E-state index contributed by atoms with van der Waals surface area (Å²) in [7, 11) is 0. The lowest BCUT2D eigenvalue weighted by Gasteiger charge is -2.22. The number of phenolic OH excluding ortho intramolecular Hbond substituents is 1. The highest BCUT2D eigenvalue weighted by Crippen LogP contribution is 2.33. The van der Waals surface area contributed by atoms with Crippen molar-refractivity contribution in [2.45, 2.75) is 6.04 Å². The minimum Gasteiger partial charge on any atom is -0.507 e. The number of nitrogens with one attached hydrogen (secondary N) is 2. The van der Waals surface area contributed by atoms with E-state index in [4.69, 9.17) is 0 Å². The van der Waals surface area contributed by atoms with E-state index in [1.165, 1.54) is 0 Å². The summed E-state index contributed by atoms with van der Waals surface area (Å²) in [4.78, 5) is 7.10. The van der Waals surface area contributed by atoms with Gasteiger partial charge in [0.2, 0.25) is 5.95 Å². The third kappa shape index (κ3) is 1.84. The maximum atomic E-state index is 10.0. The molecule has 0 aliphatic carbocycles. The van der Waals surface area contributed by atoms with E-state index in [0.717, 1.165) is 11.4 Å². The van der Waals surface area contributed by atoms with E-state index >= 15 is 0 Å². The van der Waals surface area contributed by atoms with Crippen molar-refractivity contribution in [3.63, 3.8) is 0 Å². The summed E-state index contributed by atoms with van der Waals surface area (Å²) in [6.07, 6.45) is 5.27. The van der Waals surface area contributed by atoms with E-state index in [1.54, 1.807) is 29.3 Å². The molecule has 21 heavy (non-hydrogen) atoms. The number of rotatable bonds is 2. The molecule has 1 aromatic carbocycles. The first-order chi connectivity index (χ1) is 10.3. The highest BCUT2D eigenvalue weighted by molar-refractivity contribution is 5.79. The van der Waals surface area contributed by atoms with Crippen LogP contribution in [0.3, 0.4) is 0 Å². The monoisotopic (exact) mass is 281 g/mol. The third-order valence-electron chi connectivity index (χ3n) is 3.36. The zero-order chi connectivity index (χ0) is 14.2. The van der Waals surface area contributed by atoms with Crippen LogP contribution in [-0.2, 0) is 0 Å². The maximum Gasteiger partial charge on any atom is 0.248 e. The topological polar surface area (TPSA) is 105 Å². The molecule has 0 radical (unpaired) electrons. The van der Waals surface area contributed by atoms with Crippen LogP contribution in [-0.4, -0.2) is 35.3 Å². The molecule has 1 aliphatic heterocycles. The fourth-order valence-corrected chi connectivity index (χ4v) is 2.36. The maximum absolute atomic E-state index is 10.0. The van der Waals surface area contributed by atoms with Crippen molar-refractivity contribution in [3.8, 4) is 5.75 Å². The van der Waals surface area contributed by atoms with Crippen LogP contribution in [0, 0.1) is 0 Å². The molecule has 3 N–H and O–H groups in total. The van der Waals surface area contributed by atoms with E-state index < -0.39 is 0 Å². The van der Waals surface area contributed by atoms with E-state index in [9.17, 15) is 5.11 Å². The zero-order valence-corrected chi connectivity index (χ0v) is 10.8. The molecule has 2 aromatic heterocycles. The van der Waals surface area contributed by atoms with Gasteiger partial charge in [0, 0.05) is 5.56 Å². The largest absolute Gasteiger partial charge is 0.507 e. The van der Waals surface area contributed by atoms with Gasteiger partial charge in [0.15, 0.2) is 0 Å². The molecule has 4 rings (SSSR count). The summed E-state index contributed by atoms with van der Waals surface area (Å²) in [5.74, 6) is 0.705. The van der Waals surface area contributed by atoms with Crippen LogP contribution in [0.4, 0.5) is 5.95 Å². The Kier molecular flexibility index (Phi) is 2.46. The molecular formula is C13H11N7O. The quantitative estimate of drug-likeness (QED) is 0.651. The van der Waals surface area contributed by atoms with E-state index in [2.05, 4.69) is 30.8 Å². The zero-order valence-electron chi connectivity index (χ0n) is 10.8. The molecule has 104 valence electrons. The average molecular weight is 281 g/mol. The molecule has 1 unspecified atom stereocenters. The number of fused-ring (bicyclic) bond motifs is 1. The minimum atomic E-state index is -0.214. The molecule has 8 nitrogen and oxygen atoms in total. The summed E-state index contributed by atoms with van der Waals surface area (Å²) in [6.45, 7) is 0. The molecule has 0 fully saturated rings. The molecule has 3 aromatic rings. The van der Waals surface area contributed by atoms with Crippen LogP contribution in [0.1, 0.15) is 17.3 Å². The second-order valence-corrected chi connectivity index (χ2v) is 4.62. The van der Waals surface area contributed by atoms with Crippen LogP contribution in [0.5, 0.6) is 5.75 Å². The molecule has 0 saturated heterocycles. The van der Waals surface area contributed by atoms with Gasteiger partial charge in [0.1, 0.15) is 11.8 Å². The molecule has 0 saturated carbocycles. The Balaban J connectivity index is 1.85. The van der Waals surface area contributed by atoms with Gasteiger partial charge in [-0.2, -0.15) is 4.68 Å². The number of nitrogens with zero attached hydrogens (tertiary/aromatic N) is 5. The van der Waals surface area contributed by atoms with Crippen molar-refractivity contribution in [1.29, 1.82) is 0 Å². The highest BCUT2D eigenvalue weighted by Gasteiger charge is 2.25. The van der Waals surface area contributed by atoms with Crippen molar-refractivity contribution < 1.29 is 5.11 Å². The summed E-state index contributed by atoms with van der Waals surface area (Å²) >= 11 is 0. The number of hydrogen-bond acceptors (Lipinski definition) is 6. The number of imidazole rings is 1. The minimum absolute atomic E-state index is 0.195. The van der Waals surface area contributed by atoms with Crippen LogP contribution < -0.4 is 5.32 Å². The molecule has 1 atom stereocenters. The van der Waals surface area contributed by atoms with Gasteiger partial charge in [0.05, 0.1) is 23.9 Å². The van der Waals surface area contributed by atoms with E-state index in [0.29, 0.717) is 11.5 Å². The number of tetrazole rings is 1. The molecule has 3 heterocycles. The molecule has 0 spiro atoms. The number of phenols is 1. The van der Waals surface area contributed by atoms with Gasteiger partial charge in [-0.1, -0.05) is 17.2 Å². The Bertz CT molecular complexity index is 806. The Morgan fingerprint density at radius 3 is 2.95 bits per heavy atom. The molecule has 8 heteroatoms. The lowest BCUT2D eigenvalue weighted by Crippen LogP contribution is -2.20. The van der Waals surface area contributed by atoms with Gasteiger partial charge < -0.3 is 15.4 Å². The first-order valence-electron chi connectivity index (χ1n) is 6.36. The fraction of sp³-hybridized carbons (Fsp3) is 0.0769. The number of anilines is 1. The first kappa shape index (κ1) is 11.6. The molecule has 0 amide bonds. The number of benzene rings is 1. The average Bonchev–Trinajstić information content (AvgIpc) is 3.18. The molecule has 1 aliphatic rings. The second kappa shape index (κ2) is 4.44. The Hall–Kier alpha value is -3.16. The van der Waals surface area contributed by atoms with Crippen LogP contribution in [0.15, 0.2) is 42.9 Å². The lowest BCUT2D eigenvalue weighted by molar-refractivity contribution is 0.473. The molecule has 0 bridgehead atoms. The summed E-state index contributed by atoms with van der Waals surface area (Å²) < 4.78 is 1.65. The van der Waals surface area contributed by atoms with Crippen molar-refractivity contribution in [1.82, 2.24) is 30.2 Å². The van der Waals surface area contributed by atoms with Gasteiger partial charge in [-0.3, -0.25) is 0 Å². The number of allylic oxidation sites excluding steroid dienone is 1. The summed E-state index contributed by atoms with van der Waals surface area (Å²) in [6, 6.07) is 6.89. The summed E-state index contributed by atoms with van der Waals surface area (Å²) in [5, 5.41) is 24.8. The van der Waals surface area contributed by atoms with Gasteiger partial charge in [-0.25, -0.2) is 4.98 Å². The number of hydrogen-bond donors (Lipinski definition) is 3. The third-order valence-corrected chi connectivity index (χ3v) is 3.36. The second-order valence-electron chi connectivity index (χ2n) is 4.62. The number of aromatic amines is 1. The van der Waals surface area contributed by atoms with Gasteiger partial charge in [0.25, 0.3) is 0 Å². The highest BCUT2D eigenvalue weighted by atomic mass is 16.3. The van der Waals surface area contributed by atoms with Crippen LogP contribution in [0.25, 0.3) is 5.70 Å². The Morgan fingerprint density at radius 2 is 2.14 bits per heavy atom. The predicted octanol–water partition coefficient (Wildman–Crippen LogP) is 1.16. The molecular weight excluding hydrogens is 270 g/mol. The van der Waals surface area contributed by atoms with Crippen LogP contribution in [0.2, 0.25) is 0 Å². The lowest BCUT2D eigenvalue weighted by atomic mass is 10.1. The van der Waals surface area contributed by atoms with Crippen molar-refractivity contribution >= 4 is 11.6 Å². The Labute approximate surface area is 119 Å². The number of H-pyrrole nitrogens is 1. The SMILES string of the molecule is Oc1ccccc1C1=CC(c2cnc[nH]2)n2nnnc2N1. The fourth-order valence-electron chi connectivity index (χ4n) is 2.36. The number of aromatic hydroxyl groups is 1. The van der Waals surface area contributed by atoms with Crippen molar-refractivity contribution in [2.24, 2.45) is 0 Å². The first-order valence-corrected chi connectivity index (χ1v) is 6.36. The Morgan fingerprint density at radius 1 is 1.24 bits per heavy atom. The van der Waals surface area contributed by atoms with Crippen LogP contribution >= 0.6 is 0 Å². The smallest absolute Gasteiger partial charge is 0.248 e. The standard InChI is InChI=1S/C13H11N7O/c21-12-4-2-1-3-8(12)9-5-11(10-6-14-7-15-10)20-13(16-9)17-18-19-20/h1-7,11,21H,(H,14,15)(H,16,17,19). The summed E-state index contributed by atoms with van der Waals surface area (Å²) in [5.41, 5.74) is 2.30. The number of aromatic nitrogens is 6. The predicted molar refractivity (Wildman–Crippen MR) is 74.3 cm³/mol. The number of para-hydroxylation sites is 1. The van der Waals surface area contributed by atoms with E-state index in [-0.39, 0.29) is 11.8 Å². The normalized spacial score (nSPS) is 17.0. The van der Waals surface area contributed by atoms with E-state index in [1.807, 2.05) is 18.2 Å². The van der Waals surface area contributed by atoms with Gasteiger partial charge in [-0.15, -0.1) is 0 Å². The van der Waals surface area contributed by atoms with Crippen molar-refractivity contribution in [2.75, 3.05) is 5.32 Å². The van der Waals surface area contributed by atoms with Gasteiger partial charge in [-0.05, 0) is 28.6 Å². The van der Waals surface area contributed by atoms with Gasteiger partial charge >= 0.3 is 0 Å². The van der Waals surface area contributed by atoms with Crippen molar-refractivity contribution in [3.05, 3.63) is 54.1 Å².